The van der Waals surface area contributed by atoms with Gasteiger partial charge in [0.25, 0.3) is 17.3 Å². The molecule has 1 aromatic heterocycles. The van der Waals surface area contributed by atoms with Crippen LogP contribution in [-0.2, 0) is 0 Å². The zero-order valence-corrected chi connectivity index (χ0v) is 14.2. The molecule has 0 radical (unpaired) electrons. The first-order chi connectivity index (χ1) is 12.8. The Morgan fingerprint density at radius 2 is 1.67 bits per heavy atom. The molecule has 1 heterocycles. The summed E-state index contributed by atoms with van der Waals surface area (Å²) in [5.41, 5.74) is 0.293. The molecule has 10 heteroatoms. The largest absolute Gasteiger partial charge is 0.451 e. The molecule has 0 aliphatic rings. The summed E-state index contributed by atoms with van der Waals surface area (Å²) in [4.78, 5) is 32.7. The highest BCUT2D eigenvalue weighted by Crippen LogP contribution is 2.32. The molecule has 1 N–H and O–H groups in total. The van der Waals surface area contributed by atoms with Crippen LogP contribution in [0.4, 0.5) is 17.1 Å². The lowest BCUT2D eigenvalue weighted by Gasteiger charge is -2.03. The zero-order valence-electron chi connectivity index (χ0n) is 13.4. The van der Waals surface area contributed by atoms with Gasteiger partial charge in [0.15, 0.2) is 5.76 Å². The molecule has 27 heavy (non-hydrogen) atoms. The third kappa shape index (κ3) is 3.93. The molecule has 0 aliphatic heterocycles. The minimum Gasteiger partial charge on any atom is -0.451 e. The van der Waals surface area contributed by atoms with Gasteiger partial charge in [-0.2, -0.15) is 0 Å². The topological polar surface area (TPSA) is 129 Å². The van der Waals surface area contributed by atoms with Gasteiger partial charge in [-0.05, 0) is 24.3 Å². The van der Waals surface area contributed by atoms with Crippen LogP contribution in [0.1, 0.15) is 10.6 Å². The van der Waals surface area contributed by atoms with Gasteiger partial charge < -0.3 is 9.73 Å². The highest BCUT2D eigenvalue weighted by atomic mass is 35.5. The Morgan fingerprint density at radius 3 is 2.33 bits per heavy atom. The van der Waals surface area contributed by atoms with Crippen LogP contribution in [0.25, 0.3) is 11.3 Å². The smallest absolute Gasteiger partial charge is 0.291 e. The molecule has 136 valence electrons. The molecule has 2 aromatic carbocycles. The van der Waals surface area contributed by atoms with E-state index in [1.165, 1.54) is 54.6 Å². The van der Waals surface area contributed by atoms with E-state index in [1.54, 1.807) is 0 Å². The van der Waals surface area contributed by atoms with Crippen LogP contribution >= 0.6 is 11.6 Å². The number of nitro benzene ring substituents is 2. The standard InChI is InChI=1S/C17H10ClN3O6/c18-14-9-12(21(25)26)4-5-13(14)15-6-7-16(27-15)17(22)19-10-2-1-3-11(8-10)20(23)24/h1-9H,(H,19,22). The maximum atomic E-state index is 12.3. The monoisotopic (exact) mass is 387 g/mol. The van der Waals surface area contributed by atoms with Gasteiger partial charge in [0.1, 0.15) is 5.76 Å². The summed E-state index contributed by atoms with van der Waals surface area (Å²) >= 11 is 6.04. The van der Waals surface area contributed by atoms with Gasteiger partial charge in [0, 0.05) is 35.5 Å². The molecule has 0 bridgehead atoms. The SMILES string of the molecule is O=C(Nc1cccc([N+](=O)[O-])c1)c1ccc(-c2ccc([N+](=O)[O-])cc2Cl)o1. The third-order valence-electron chi connectivity index (χ3n) is 3.57. The summed E-state index contributed by atoms with van der Waals surface area (Å²) in [6.45, 7) is 0. The van der Waals surface area contributed by atoms with Gasteiger partial charge in [-0.1, -0.05) is 17.7 Å². The highest BCUT2D eigenvalue weighted by Gasteiger charge is 2.17. The minimum absolute atomic E-state index is 0.0501. The summed E-state index contributed by atoms with van der Waals surface area (Å²) in [6, 6.07) is 12.2. The van der Waals surface area contributed by atoms with Crippen molar-refractivity contribution in [3.8, 4) is 11.3 Å². The van der Waals surface area contributed by atoms with Crippen molar-refractivity contribution < 1.29 is 19.1 Å². The predicted octanol–water partition coefficient (Wildman–Crippen LogP) is 4.67. The van der Waals surface area contributed by atoms with Gasteiger partial charge in [0.05, 0.1) is 14.9 Å². The molecule has 0 saturated heterocycles. The molecule has 3 rings (SSSR count). The summed E-state index contributed by atoms with van der Waals surface area (Å²) in [6.07, 6.45) is 0. The maximum Gasteiger partial charge on any atom is 0.291 e. The number of anilines is 1. The first-order valence-corrected chi connectivity index (χ1v) is 7.83. The van der Waals surface area contributed by atoms with E-state index < -0.39 is 15.8 Å². The third-order valence-corrected chi connectivity index (χ3v) is 3.89. The number of non-ortho nitro benzene ring substituents is 2. The number of furan rings is 1. The number of hydrogen-bond acceptors (Lipinski definition) is 6. The number of rotatable bonds is 5. The van der Waals surface area contributed by atoms with Crippen molar-refractivity contribution in [1.82, 2.24) is 0 Å². The highest BCUT2D eigenvalue weighted by molar-refractivity contribution is 6.33. The van der Waals surface area contributed by atoms with Crippen molar-refractivity contribution in [2.24, 2.45) is 0 Å². The molecular weight excluding hydrogens is 378 g/mol. The Bertz CT molecular complexity index is 1060. The van der Waals surface area contributed by atoms with E-state index in [2.05, 4.69) is 5.32 Å². The molecule has 0 spiro atoms. The van der Waals surface area contributed by atoms with Crippen molar-refractivity contribution in [1.29, 1.82) is 0 Å². The Hall–Kier alpha value is -3.72. The van der Waals surface area contributed by atoms with Gasteiger partial charge in [0.2, 0.25) is 0 Å². The van der Waals surface area contributed by atoms with Gasteiger partial charge in [-0.3, -0.25) is 25.0 Å². The maximum absolute atomic E-state index is 12.3. The lowest BCUT2D eigenvalue weighted by atomic mass is 10.1. The average molecular weight is 388 g/mol. The molecule has 9 nitrogen and oxygen atoms in total. The van der Waals surface area contributed by atoms with Crippen LogP contribution < -0.4 is 5.32 Å². The number of hydrogen-bond donors (Lipinski definition) is 1. The van der Waals surface area contributed by atoms with Crippen LogP contribution in [0.5, 0.6) is 0 Å². The van der Waals surface area contributed by atoms with E-state index in [0.717, 1.165) is 0 Å². The first-order valence-electron chi connectivity index (χ1n) is 7.45. The summed E-state index contributed by atoms with van der Waals surface area (Å²) in [5, 5.41) is 24.1. The molecule has 0 fully saturated rings. The number of carbonyl (C=O) groups excluding carboxylic acids is 1. The number of nitrogens with zero attached hydrogens (tertiary/aromatic N) is 2. The second-order valence-corrected chi connectivity index (χ2v) is 5.75. The normalized spacial score (nSPS) is 10.4. The van der Waals surface area contributed by atoms with Crippen molar-refractivity contribution in [3.05, 3.63) is 85.6 Å². The fourth-order valence-corrected chi connectivity index (χ4v) is 2.58. The number of nitrogens with one attached hydrogen (secondary N) is 1. The van der Waals surface area contributed by atoms with Crippen LogP contribution in [0.3, 0.4) is 0 Å². The van der Waals surface area contributed by atoms with Gasteiger partial charge in [-0.25, -0.2) is 0 Å². The summed E-state index contributed by atoms with van der Waals surface area (Å²) < 4.78 is 5.46. The van der Waals surface area contributed by atoms with E-state index in [1.807, 2.05) is 0 Å². The van der Waals surface area contributed by atoms with E-state index in [4.69, 9.17) is 16.0 Å². The lowest BCUT2D eigenvalue weighted by molar-refractivity contribution is -0.385. The molecule has 0 unspecified atom stereocenters. The van der Waals surface area contributed by atoms with Crippen LogP contribution in [0.15, 0.2) is 59.0 Å². The van der Waals surface area contributed by atoms with Crippen LogP contribution in [0, 0.1) is 20.2 Å². The van der Waals surface area contributed by atoms with Crippen LogP contribution in [0.2, 0.25) is 5.02 Å². The molecule has 1 amide bonds. The van der Waals surface area contributed by atoms with Crippen LogP contribution in [-0.4, -0.2) is 15.8 Å². The van der Waals surface area contributed by atoms with Crippen molar-refractivity contribution in [3.63, 3.8) is 0 Å². The Kier molecular flexibility index (Phi) is 4.86. The number of halogens is 1. The summed E-state index contributed by atoms with van der Waals surface area (Å²) in [7, 11) is 0. The number of benzene rings is 2. The molecule has 0 aliphatic carbocycles. The second-order valence-electron chi connectivity index (χ2n) is 5.35. The van der Waals surface area contributed by atoms with E-state index >= 15 is 0 Å². The Balaban J connectivity index is 1.81. The molecule has 0 atom stereocenters. The van der Waals surface area contributed by atoms with Gasteiger partial charge in [-0.15, -0.1) is 0 Å². The van der Waals surface area contributed by atoms with E-state index in [9.17, 15) is 25.0 Å². The Labute approximate surface area is 156 Å². The number of amides is 1. The second kappa shape index (κ2) is 7.26. The van der Waals surface area contributed by atoms with E-state index in [-0.39, 0.29) is 33.6 Å². The zero-order chi connectivity index (χ0) is 19.6. The van der Waals surface area contributed by atoms with E-state index in [0.29, 0.717) is 5.56 Å². The van der Waals surface area contributed by atoms with Crippen molar-refractivity contribution in [2.75, 3.05) is 5.32 Å². The van der Waals surface area contributed by atoms with Crippen molar-refractivity contribution >= 4 is 34.6 Å². The Morgan fingerprint density at radius 1 is 0.963 bits per heavy atom. The lowest BCUT2D eigenvalue weighted by Crippen LogP contribution is -2.10. The number of nitro groups is 2. The molecular formula is C17H10ClN3O6. The molecule has 0 saturated carbocycles. The first kappa shape index (κ1) is 18.1. The quantitative estimate of drug-likeness (QED) is 0.500. The predicted molar refractivity (Wildman–Crippen MR) is 96.9 cm³/mol. The number of carbonyl (C=O) groups is 1. The fraction of sp³-hybridized carbons (Fsp3) is 0. The molecule has 3 aromatic rings. The summed E-state index contributed by atoms with van der Waals surface area (Å²) in [5.74, 6) is -0.412. The minimum atomic E-state index is -0.611. The van der Waals surface area contributed by atoms with Gasteiger partial charge >= 0.3 is 0 Å². The average Bonchev–Trinajstić information content (AvgIpc) is 3.11. The van der Waals surface area contributed by atoms with Crippen molar-refractivity contribution in [2.45, 2.75) is 0 Å². The fourth-order valence-electron chi connectivity index (χ4n) is 2.31.